The molecule has 2 aliphatic rings. The number of likely N-dealkylation sites (N-methyl/N-ethyl adjacent to an activating group) is 1. The van der Waals surface area contributed by atoms with Crippen LogP contribution in [0.25, 0.3) is 0 Å². The van der Waals surface area contributed by atoms with Crippen LogP contribution in [0, 0.1) is 5.92 Å². The summed E-state index contributed by atoms with van der Waals surface area (Å²) < 4.78 is 28.6. The second kappa shape index (κ2) is 17.8. The fourth-order valence-electron chi connectivity index (χ4n) is 5.98. The van der Waals surface area contributed by atoms with Gasteiger partial charge in [-0.2, -0.15) is 0 Å². The van der Waals surface area contributed by atoms with Crippen molar-refractivity contribution in [3.05, 3.63) is 66.2 Å². The largest absolute Gasteiger partial charge is 0.497 e. The van der Waals surface area contributed by atoms with Gasteiger partial charge in [0.05, 0.1) is 37.5 Å². The van der Waals surface area contributed by atoms with Crippen LogP contribution in [-0.4, -0.2) is 98.4 Å². The van der Waals surface area contributed by atoms with Gasteiger partial charge in [-0.3, -0.25) is 4.79 Å². The minimum absolute atomic E-state index is 0.118. The van der Waals surface area contributed by atoms with E-state index in [0.717, 1.165) is 19.3 Å². The second-order valence-electron chi connectivity index (χ2n) is 13.2. The number of fused-ring (bicyclic) bond motifs is 2. The number of rotatable bonds is 8. The Hall–Kier alpha value is -5.21. The maximum atomic E-state index is 14.4. The number of anilines is 3. The third-order valence-electron chi connectivity index (χ3n) is 9.08. The normalized spacial score (nSPS) is 19.7. The molecular weight excluding hydrogens is 670 g/mol. The third-order valence-corrected chi connectivity index (χ3v) is 9.08. The average molecular weight is 720 g/mol. The summed E-state index contributed by atoms with van der Waals surface area (Å²) in [5.41, 5.74) is 1.75. The molecule has 4 atom stereocenters. The molecule has 4 N–H and O–H groups in total. The van der Waals surface area contributed by atoms with Gasteiger partial charge >= 0.3 is 12.1 Å². The van der Waals surface area contributed by atoms with Crippen molar-refractivity contribution in [3.8, 4) is 23.0 Å². The molecule has 14 nitrogen and oxygen atoms in total. The van der Waals surface area contributed by atoms with Crippen molar-refractivity contribution >= 4 is 35.0 Å². The number of aliphatic hydroxyl groups is 1. The van der Waals surface area contributed by atoms with Crippen LogP contribution in [0.2, 0.25) is 0 Å². The van der Waals surface area contributed by atoms with Crippen LogP contribution in [0.1, 0.15) is 50.4 Å². The first-order valence-corrected chi connectivity index (χ1v) is 17.5. The highest BCUT2D eigenvalue weighted by molar-refractivity contribution is 6.02. The predicted molar refractivity (Wildman–Crippen MR) is 197 cm³/mol. The van der Waals surface area contributed by atoms with Crippen molar-refractivity contribution in [2.24, 2.45) is 5.92 Å². The van der Waals surface area contributed by atoms with Crippen LogP contribution >= 0.6 is 0 Å². The maximum absolute atomic E-state index is 14.4. The van der Waals surface area contributed by atoms with Crippen LogP contribution in [0.15, 0.2) is 60.7 Å². The van der Waals surface area contributed by atoms with Gasteiger partial charge in [-0.25, -0.2) is 9.59 Å². The summed E-state index contributed by atoms with van der Waals surface area (Å²) in [5, 5.41) is 18.8. The molecule has 5 amide bonds. The van der Waals surface area contributed by atoms with E-state index in [0.29, 0.717) is 46.7 Å². The van der Waals surface area contributed by atoms with Crippen LogP contribution in [0.3, 0.4) is 0 Å². The molecule has 0 saturated heterocycles. The molecule has 3 aromatic carbocycles. The Bertz CT molecular complexity index is 1690. The predicted octanol–water partition coefficient (Wildman–Crippen LogP) is 6.03. The van der Waals surface area contributed by atoms with Crippen molar-refractivity contribution in [3.63, 3.8) is 0 Å². The first-order valence-electron chi connectivity index (χ1n) is 17.5. The number of aliphatic hydroxyl groups excluding tert-OH is 1. The van der Waals surface area contributed by atoms with Crippen molar-refractivity contribution in [1.82, 2.24) is 9.80 Å². The lowest BCUT2D eigenvalue weighted by molar-refractivity contribution is -0.0115. The Labute approximate surface area is 304 Å². The van der Waals surface area contributed by atoms with Gasteiger partial charge in [-0.15, -0.1) is 0 Å². The number of methoxy groups -OCH3 is 1. The summed E-state index contributed by atoms with van der Waals surface area (Å²) in [5.74, 6) is 1.57. The Balaban J connectivity index is 1.34. The topological polar surface area (TPSA) is 160 Å². The number of ether oxygens (including phenoxy) is 5. The SMILES string of the molecule is COc1ccc(NC(=O)N(C)C[C@H]2OCCCC[C@@H](C)Oc3ccc(NC(=O)Nc4ccc5c(c4)OCO5)cc3C(=O)N([C@H](C)CO)C[C@@H]2C)cc1. The lowest BCUT2D eigenvalue weighted by Gasteiger charge is -2.35. The van der Waals surface area contributed by atoms with Crippen LogP contribution < -0.4 is 34.9 Å². The first kappa shape index (κ1) is 38.0. The summed E-state index contributed by atoms with van der Waals surface area (Å²) >= 11 is 0. The van der Waals surface area contributed by atoms with E-state index in [1.54, 1.807) is 91.5 Å². The fourth-order valence-corrected chi connectivity index (χ4v) is 5.98. The second-order valence-corrected chi connectivity index (χ2v) is 13.2. The molecule has 52 heavy (non-hydrogen) atoms. The molecule has 0 bridgehead atoms. The summed E-state index contributed by atoms with van der Waals surface area (Å²) in [6.07, 6.45) is 1.69. The summed E-state index contributed by atoms with van der Waals surface area (Å²) in [6.45, 7) is 6.47. The molecule has 0 aromatic heterocycles. The molecule has 0 spiro atoms. The molecule has 14 heteroatoms. The van der Waals surface area contributed by atoms with Gasteiger partial charge in [0.15, 0.2) is 11.5 Å². The summed E-state index contributed by atoms with van der Waals surface area (Å²) in [7, 11) is 3.28. The quantitative estimate of drug-likeness (QED) is 0.218. The van der Waals surface area contributed by atoms with Gasteiger partial charge in [-0.05, 0) is 87.7 Å². The van der Waals surface area contributed by atoms with E-state index >= 15 is 0 Å². The van der Waals surface area contributed by atoms with E-state index in [4.69, 9.17) is 23.7 Å². The Morgan fingerprint density at radius 2 is 1.62 bits per heavy atom. The van der Waals surface area contributed by atoms with Gasteiger partial charge in [0.2, 0.25) is 6.79 Å². The standard InChI is InChI=1S/C38H49N5O9/c1-24-20-43(25(2)22-44)36(45)31-18-28(39-37(46)40-29-12-16-33-34(19-29)51-23-50-33)11-15-32(31)52-26(3)8-6-7-17-49-35(24)21-42(4)38(47)41-27-9-13-30(48-5)14-10-27/h9-16,18-19,24-26,35,44H,6-8,17,20-23H2,1-5H3,(H,41,47)(H2,39,40,46)/t24-,25+,26+,35+/m0/s1. The molecule has 2 aliphatic heterocycles. The van der Waals surface area contributed by atoms with E-state index in [1.165, 1.54) is 0 Å². The number of carbonyl (C=O) groups is 3. The zero-order valence-corrected chi connectivity index (χ0v) is 30.3. The maximum Gasteiger partial charge on any atom is 0.323 e. The number of amides is 5. The number of carbonyl (C=O) groups excluding carboxylic acids is 3. The van der Waals surface area contributed by atoms with Gasteiger partial charge < -0.3 is 54.5 Å². The molecule has 0 unspecified atom stereocenters. The van der Waals surface area contributed by atoms with Crippen LogP contribution in [-0.2, 0) is 4.74 Å². The number of nitrogens with one attached hydrogen (secondary N) is 3. The number of benzene rings is 3. The Morgan fingerprint density at radius 3 is 2.33 bits per heavy atom. The number of hydrogen-bond donors (Lipinski definition) is 4. The van der Waals surface area contributed by atoms with Crippen LogP contribution in [0.5, 0.6) is 23.0 Å². The summed E-state index contributed by atoms with van der Waals surface area (Å²) in [4.78, 5) is 43.8. The zero-order valence-electron chi connectivity index (χ0n) is 30.3. The minimum Gasteiger partial charge on any atom is -0.497 e. The average Bonchev–Trinajstić information content (AvgIpc) is 3.61. The summed E-state index contributed by atoms with van der Waals surface area (Å²) in [6, 6.07) is 15.7. The van der Waals surface area contributed by atoms with E-state index in [1.807, 2.05) is 13.8 Å². The third kappa shape index (κ3) is 9.98. The van der Waals surface area contributed by atoms with Gasteiger partial charge in [-0.1, -0.05) is 6.92 Å². The van der Waals surface area contributed by atoms with Crippen molar-refractivity contribution in [2.75, 3.05) is 63.2 Å². The zero-order chi connectivity index (χ0) is 37.2. The van der Waals surface area contributed by atoms with Gasteiger partial charge in [0, 0.05) is 55.8 Å². The Morgan fingerprint density at radius 1 is 0.942 bits per heavy atom. The van der Waals surface area contributed by atoms with E-state index < -0.39 is 18.2 Å². The molecule has 5 rings (SSSR count). The molecule has 0 radical (unpaired) electrons. The van der Waals surface area contributed by atoms with Gasteiger partial charge in [0.25, 0.3) is 5.91 Å². The molecule has 280 valence electrons. The van der Waals surface area contributed by atoms with Gasteiger partial charge in [0.1, 0.15) is 11.5 Å². The number of nitrogens with zero attached hydrogens (tertiary/aromatic N) is 2. The monoisotopic (exact) mass is 719 g/mol. The number of urea groups is 2. The molecule has 3 aromatic rings. The highest BCUT2D eigenvalue weighted by Gasteiger charge is 2.31. The van der Waals surface area contributed by atoms with Crippen molar-refractivity contribution < 1.29 is 43.2 Å². The van der Waals surface area contributed by atoms with Crippen molar-refractivity contribution in [2.45, 2.75) is 58.3 Å². The first-order chi connectivity index (χ1) is 25.0. The molecule has 0 saturated carbocycles. The lowest BCUT2D eigenvalue weighted by atomic mass is 10.0. The van der Waals surface area contributed by atoms with Crippen LogP contribution in [0.4, 0.5) is 26.7 Å². The van der Waals surface area contributed by atoms with E-state index in [9.17, 15) is 19.5 Å². The van der Waals surface area contributed by atoms with E-state index in [-0.39, 0.29) is 56.0 Å². The van der Waals surface area contributed by atoms with E-state index in [2.05, 4.69) is 16.0 Å². The molecule has 0 fully saturated rings. The molecule has 2 heterocycles. The highest BCUT2D eigenvalue weighted by atomic mass is 16.7. The Kier molecular flexibility index (Phi) is 13.0. The van der Waals surface area contributed by atoms with Crippen molar-refractivity contribution in [1.29, 1.82) is 0 Å². The molecular formula is C38H49N5O9. The minimum atomic E-state index is -0.559. The smallest absolute Gasteiger partial charge is 0.323 e. The highest BCUT2D eigenvalue weighted by Crippen LogP contribution is 2.34. The molecule has 0 aliphatic carbocycles. The number of hydrogen-bond acceptors (Lipinski definition) is 9. The lowest BCUT2D eigenvalue weighted by Crippen LogP contribution is -2.48. The fraction of sp³-hybridized carbons (Fsp3) is 0.447.